The number of halogens is 1. The number of nitrogens with zero attached hydrogens (tertiary/aromatic N) is 2. The molecule has 0 fully saturated rings. The van der Waals surface area contributed by atoms with Crippen molar-refractivity contribution >= 4 is 27.5 Å². The standard InChI is InChI=1S/C37H42FN3O6S/c1-5-6-21-39-37(43)33(23-28-12-8-7-9-13-28)40(25-29-14-10-11-27(2)22-29)36(42)26-41(31-17-15-30(38)16-18-31)48(44,45)32-19-20-34(46-3)35(24-32)47-4/h7-20,22,24,33H,5-6,21,23,25-26H2,1-4H3,(H,39,43). The molecule has 0 radical (unpaired) electrons. The van der Waals surface area contributed by atoms with Crippen LogP contribution in [0.2, 0.25) is 0 Å². The largest absolute Gasteiger partial charge is 0.493 e. The number of carbonyl (C=O) groups excluding carboxylic acids is 2. The number of benzene rings is 4. The van der Waals surface area contributed by atoms with Gasteiger partial charge in [0.25, 0.3) is 10.0 Å². The van der Waals surface area contributed by atoms with Crippen LogP contribution in [-0.2, 0) is 32.6 Å². The number of ether oxygens (including phenoxy) is 2. The fourth-order valence-electron chi connectivity index (χ4n) is 5.31. The lowest BCUT2D eigenvalue weighted by molar-refractivity contribution is -0.140. The summed E-state index contributed by atoms with van der Waals surface area (Å²) in [4.78, 5) is 29.7. The second-order valence-electron chi connectivity index (χ2n) is 11.4. The molecule has 4 aromatic rings. The van der Waals surface area contributed by atoms with Crippen molar-refractivity contribution in [2.75, 3.05) is 31.6 Å². The Morgan fingerprint density at radius 1 is 0.854 bits per heavy atom. The number of amides is 2. The van der Waals surface area contributed by atoms with Crippen LogP contribution in [0.3, 0.4) is 0 Å². The highest BCUT2D eigenvalue weighted by atomic mass is 32.2. The average molecular weight is 676 g/mol. The quantitative estimate of drug-likeness (QED) is 0.148. The molecule has 254 valence electrons. The first-order chi connectivity index (χ1) is 23.1. The van der Waals surface area contributed by atoms with E-state index in [2.05, 4.69) is 5.32 Å². The summed E-state index contributed by atoms with van der Waals surface area (Å²) in [7, 11) is -1.61. The first-order valence-electron chi connectivity index (χ1n) is 15.7. The van der Waals surface area contributed by atoms with E-state index in [9.17, 15) is 22.4 Å². The number of sulfonamides is 1. The monoisotopic (exact) mass is 675 g/mol. The normalized spacial score (nSPS) is 11.8. The van der Waals surface area contributed by atoms with Crippen molar-refractivity contribution in [3.05, 3.63) is 120 Å². The number of hydrogen-bond donors (Lipinski definition) is 1. The Hall–Kier alpha value is -4.90. The first kappa shape index (κ1) is 35.9. The molecular weight excluding hydrogens is 633 g/mol. The molecule has 0 aliphatic heterocycles. The lowest BCUT2D eigenvalue weighted by atomic mass is 10.0. The summed E-state index contributed by atoms with van der Waals surface area (Å²) in [6, 6.07) is 24.9. The highest BCUT2D eigenvalue weighted by molar-refractivity contribution is 7.92. The van der Waals surface area contributed by atoms with E-state index in [-0.39, 0.29) is 35.2 Å². The van der Waals surface area contributed by atoms with Gasteiger partial charge in [-0.3, -0.25) is 13.9 Å². The van der Waals surface area contributed by atoms with Gasteiger partial charge in [-0.15, -0.1) is 0 Å². The van der Waals surface area contributed by atoms with Crippen LogP contribution in [0.4, 0.5) is 10.1 Å². The lowest BCUT2D eigenvalue weighted by Gasteiger charge is -2.34. The van der Waals surface area contributed by atoms with Crippen LogP contribution in [0, 0.1) is 12.7 Å². The van der Waals surface area contributed by atoms with Crippen LogP contribution in [0.5, 0.6) is 11.5 Å². The van der Waals surface area contributed by atoms with E-state index in [4.69, 9.17) is 9.47 Å². The van der Waals surface area contributed by atoms with E-state index >= 15 is 0 Å². The lowest BCUT2D eigenvalue weighted by Crippen LogP contribution is -2.53. The van der Waals surface area contributed by atoms with Gasteiger partial charge in [-0.25, -0.2) is 12.8 Å². The van der Waals surface area contributed by atoms with Gasteiger partial charge in [-0.1, -0.05) is 73.5 Å². The molecule has 0 saturated heterocycles. The molecule has 4 rings (SSSR count). The average Bonchev–Trinajstić information content (AvgIpc) is 3.09. The fraction of sp³-hybridized carbons (Fsp3) is 0.297. The summed E-state index contributed by atoms with van der Waals surface area (Å²) in [6.07, 6.45) is 1.84. The molecule has 0 saturated carbocycles. The van der Waals surface area contributed by atoms with E-state index in [1.807, 2.05) is 68.4 Å². The van der Waals surface area contributed by atoms with E-state index in [1.165, 1.54) is 49.5 Å². The molecule has 9 nitrogen and oxygen atoms in total. The predicted octanol–water partition coefficient (Wildman–Crippen LogP) is 5.90. The topological polar surface area (TPSA) is 105 Å². The molecule has 1 atom stereocenters. The summed E-state index contributed by atoms with van der Waals surface area (Å²) >= 11 is 0. The van der Waals surface area contributed by atoms with Crippen LogP contribution in [0.1, 0.15) is 36.5 Å². The van der Waals surface area contributed by atoms with Crippen LogP contribution in [0.15, 0.2) is 102 Å². The molecule has 2 amide bonds. The maximum absolute atomic E-state index is 14.6. The summed E-state index contributed by atoms with van der Waals surface area (Å²) in [5.41, 5.74) is 2.65. The van der Waals surface area contributed by atoms with E-state index in [1.54, 1.807) is 0 Å². The third kappa shape index (κ3) is 9.13. The Morgan fingerprint density at radius 3 is 2.19 bits per heavy atom. The van der Waals surface area contributed by atoms with Gasteiger partial charge in [0.05, 0.1) is 24.8 Å². The Labute approximate surface area is 282 Å². The van der Waals surface area contributed by atoms with Gasteiger partial charge in [-0.2, -0.15) is 0 Å². The maximum atomic E-state index is 14.6. The number of anilines is 1. The van der Waals surface area contributed by atoms with E-state index < -0.39 is 34.3 Å². The summed E-state index contributed by atoms with van der Waals surface area (Å²) in [5.74, 6) is -1.03. The summed E-state index contributed by atoms with van der Waals surface area (Å²) < 4.78 is 54.2. The minimum absolute atomic E-state index is 0.0485. The van der Waals surface area contributed by atoms with Gasteiger partial charge < -0.3 is 19.7 Å². The molecule has 0 aromatic heterocycles. The fourth-order valence-corrected chi connectivity index (χ4v) is 6.74. The SMILES string of the molecule is CCCCNC(=O)C(Cc1ccccc1)N(Cc1cccc(C)c1)C(=O)CN(c1ccc(F)cc1)S(=O)(=O)c1ccc(OC)c(OC)c1. The van der Waals surface area contributed by atoms with Crippen molar-refractivity contribution in [3.8, 4) is 11.5 Å². The van der Waals surface area contributed by atoms with Gasteiger partial charge in [0.2, 0.25) is 11.8 Å². The van der Waals surface area contributed by atoms with E-state index in [0.29, 0.717) is 12.3 Å². The van der Waals surface area contributed by atoms with Gasteiger partial charge in [0.15, 0.2) is 11.5 Å². The van der Waals surface area contributed by atoms with Crippen LogP contribution in [0.25, 0.3) is 0 Å². The Balaban J connectivity index is 1.81. The maximum Gasteiger partial charge on any atom is 0.264 e. The summed E-state index contributed by atoms with van der Waals surface area (Å²) in [5, 5.41) is 2.98. The number of nitrogens with one attached hydrogen (secondary N) is 1. The predicted molar refractivity (Wildman–Crippen MR) is 184 cm³/mol. The third-order valence-corrected chi connectivity index (χ3v) is 9.64. The van der Waals surface area contributed by atoms with Crippen LogP contribution >= 0.6 is 0 Å². The molecule has 4 aromatic carbocycles. The van der Waals surface area contributed by atoms with Crippen molar-refractivity contribution in [2.24, 2.45) is 0 Å². The Bertz CT molecular complexity index is 1780. The highest BCUT2D eigenvalue weighted by Crippen LogP contribution is 2.32. The van der Waals surface area contributed by atoms with Gasteiger partial charge in [-0.05, 0) is 60.9 Å². The molecule has 1 unspecified atom stereocenters. The molecule has 1 N–H and O–H groups in total. The van der Waals surface area contributed by atoms with Crippen molar-refractivity contribution in [1.29, 1.82) is 0 Å². The minimum Gasteiger partial charge on any atom is -0.493 e. The smallest absolute Gasteiger partial charge is 0.264 e. The zero-order valence-corrected chi connectivity index (χ0v) is 28.5. The van der Waals surface area contributed by atoms with Crippen LogP contribution in [-0.4, -0.2) is 58.5 Å². The van der Waals surface area contributed by atoms with E-state index in [0.717, 1.165) is 46.0 Å². The molecule has 48 heavy (non-hydrogen) atoms. The van der Waals surface area contributed by atoms with Crippen molar-refractivity contribution in [3.63, 3.8) is 0 Å². The highest BCUT2D eigenvalue weighted by Gasteiger charge is 2.35. The second-order valence-corrected chi connectivity index (χ2v) is 13.2. The van der Waals surface area contributed by atoms with Gasteiger partial charge >= 0.3 is 0 Å². The van der Waals surface area contributed by atoms with Crippen molar-refractivity contribution < 1.29 is 31.9 Å². The molecule has 0 heterocycles. The number of rotatable bonds is 16. The van der Waals surface area contributed by atoms with Crippen molar-refractivity contribution in [1.82, 2.24) is 10.2 Å². The van der Waals surface area contributed by atoms with Gasteiger partial charge in [0.1, 0.15) is 18.4 Å². The molecule has 0 bridgehead atoms. The first-order valence-corrected chi connectivity index (χ1v) is 17.2. The number of carbonyl (C=O) groups is 2. The molecule has 0 aliphatic rings. The Morgan fingerprint density at radius 2 is 1.54 bits per heavy atom. The van der Waals surface area contributed by atoms with Gasteiger partial charge in [0, 0.05) is 25.6 Å². The molecule has 0 spiro atoms. The van der Waals surface area contributed by atoms with Crippen molar-refractivity contribution in [2.45, 2.75) is 50.6 Å². The minimum atomic E-state index is -4.43. The Kier molecular flexibility index (Phi) is 12.6. The number of hydrogen-bond acceptors (Lipinski definition) is 6. The zero-order valence-electron chi connectivity index (χ0n) is 27.7. The van der Waals surface area contributed by atoms with Crippen LogP contribution < -0.4 is 19.1 Å². The number of aryl methyl sites for hydroxylation is 1. The molecule has 0 aliphatic carbocycles. The molecular formula is C37H42FN3O6S. The summed E-state index contributed by atoms with van der Waals surface area (Å²) in [6.45, 7) is 3.77. The third-order valence-electron chi connectivity index (χ3n) is 7.87. The molecule has 11 heteroatoms. The second kappa shape index (κ2) is 16.8. The number of unbranched alkanes of at least 4 members (excludes halogenated alkanes) is 1. The number of methoxy groups -OCH3 is 2. The zero-order chi connectivity index (χ0) is 34.7.